The summed E-state index contributed by atoms with van der Waals surface area (Å²) in [7, 11) is 3.55. The lowest BCUT2D eigenvalue weighted by molar-refractivity contribution is -0.127. The lowest BCUT2D eigenvalue weighted by Crippen LogP contribution is -2.53. The molecule has 5 nitrogen and oxygen atoms in total. The molecule has 7 heteroatoms. The van der Waals surface area contributed by atoms with Crippen LogP contribution in [-0.4, -0.2) is 72.4 Å². The van der Waals surface area contributed by atoms with Gasteiger partial charge in [0.1, 0.15) is 6.54 Å². The van der Waals surface area contributed by atoms with Gasteiger partial charge in [0, 0.05) is 44.2 Å². The van der Waals surface area contributed by atoms with Gasteiger partial charge in [-0.15, -0.1) is 24.0 Å². The smallest absolute Gasteiger partial charge is 0.243 e. The number of thioether (sulfide) groups is 1. The van der Waals surface area contributed by atoms with Crippen LogP contribution in [0, 0.1) is 0 Å². The van der Waals surface area contributed by atoms with Crippen molar-refractivity contribution in [2.45, 2.75) is 43.8 Å². The average molecular weight is 454 g/mol. The van der Waals surface area contributed by atoms with E-state index < -0.39 is 0 Å². The minimum atomic E-state index is 0. The van der Waals surface area contributed by atoms with Crippen LogP contribution in [0.1, 0.15) is 39.0 Å². The van der Waals surface area contributed by atoms with Gasteiger partial charge in [0.2, 0.25) is 5.91 Å². The Morgan fingerprint density at radius 3 is 2.61 bits per heavy atom. The molecule has 2 fully saturated rings. The van der Waals surface area contributed by atoms with Crippen molar-refractivity contribution in [3.05, 3.63) is 0 Å². The SMILES string of the molecule is CCNC(=NCC(=O)N(C)C)N1CCSC2(CCCCC2)C1.I. The zero-order chi connectivity index (χ0) is 16.0. The maximum Gasteiger partial charge on any atom is 0.243 e. The largest absolute Gasteiger partial charge is 0.357 e. The minimum absolute atomic E-state index is 0. The van der Waals surface area contributed by atoms with Gasteiger partial charge < -0.3 is 15.1 Å². The zero-order valence-electron chi connectivity index (χ0n) is 14.6. The summed E-state index contributed by atoms with van der Waals surface area (Å²) in [6, 6.07) is 0. The summed E-state index contributed by atoms with van der Waals surface area (Å²) in [5.74, 6) is 2.11. The fraction of sp³-hybridized carbons (Fsp3) is 0.875. The minimum Gasteiger partial charge on any atom is -0.357 e. The molecule has 1 amide bonds. The van der Waals surface area contributed by atoms with E-state index in [1.807, 2.05) is 0 Å². The van der Waals surface area contributed by atoms with Gasteiger partial charge in [-0.25, -0.2) is 4.99 Å². The zero-order valence-corrected chi connectivity index (χ0v) is 17.8. The number of hydrogen-bond donors (Lipinski definition) is 1. The first kappa shape index (κ1) is 20.9. The quantitative estimate of drug-likeness (QED) is 0.404. The van der Waals surface area contributed by atoms with E-state index in [2.05, 4.69) is 33.9 Å². The second-order valence-corrected chi connectivity index (χ2v) is 8.03. The Bertz CT molecular complexity index is 405. The number of guanidine groups is 1. The Hall–Kier alpha value is -0.180. The topological polar surface area (TPSA) is 47.9 Å². The number of aliphatic imine (C=N–C) groups is 1. The third kappa shape index (κ3) is 5.99. The highest BCUT2D eigenvalue weighted by atomic mass is 127. The van der Waals surface area contributed by atoms with Crippen LogP contribution in [0.2, 0.25) is 0 Å². The first-order valence-corrected chi connectivity index (χ1v) is 9.42. The molecule has 1 aliphatic heterocycles. The summed E-state index contributed by atoms with van der Waals surface area (Å²) < 4.78 is 0.415. The van der Waals surface area contributed by atoms with Crippen LogP contribution in [0.25, 0.3) is 0 Å². The van der Waals surface area contributed by atoms with Crippen molar-refractivity contribution in [3.8, 4) is 0 Å². The molecule has 0 aromatic carbocycles. The van der Waals surface area contributed by atoms with Gasteiger partial charge in [-0.05, 0) is 19.8 Å². The molecule has 0 aromatic heterocycles. The normalized spacial score (nSPS) is 20.8. The van der Waals surface area contributed by atoms with Crippen molar-refractivity contribution in [2.75, 3.05) is 46.0 Å². The monoisotopic (exact) mass is 454 g/mol. The molecule has 1 spiro atoms. The predicted molar refractivity (Wildman–Crippen MR) is 110 cm³/mol. The molecule has 0 unspecified atom stereocenters. The van der Waals surface area contributed by atoms with E-state index in [0.29, 0.717) is 4.75 Å². The molecular formula is C16H31IN4OS. The number of amides is 1. The van der Waals surface area contributed by atoms with E-state index in [-0.39, 0.29) is 36.4 Å². The summed E-state index contributed by atoms with van der Waals surface area (Å²) in [5.41, 5.74) is 0. The average Bonchev–Trinajstić information content (AvgIpc) is 2.51. The van der Waals surface area contributed by atoms with Crippen LogP contribution in [-0.2, 0) is 4.79 Å². The van der Waals surface area contributed by atoms with Gasteiger partial charge in [-0.3, -0.25) is 4.79 Å². The van der Waals surface area contributed by atoms with Crippen molar-refractivity contribution in [2.24, 2.45) is 4.99 Å². The summed E-state index contributed by atoms with van der Waals surface area (Å²) in [5, 5.41) is 3.36. The van der Waals surface area contributed by atoms with Crippen molar-refractivity contribution >= 4 is 47.6 Å². The predicted octanol–water partition coefficient (Wildman–Crippen LogP) is 2.41. The molecule has 2 rings (SSSR count). The Kier molecular flexibility index (Phi) is 9.03. The van der Waals surface area contributed by atoms with Crippen LogP contribution in [0.3, 0.4) is 0 Å². The highest BCUT2D eigenvalue weighted by molar-refractivity contribution is 14.0. The maximum absolute atomic E-state index is 11.8. The molecule has 134 valence electrons. The Morgan fingerprint density at radius 2 is 2.00 bits per heavy atom. The molecular weight excluding hydrogens is 423 g/mol. The van der Waals surface area contributed by atoms with Crippen molar-refractivity contribution in [1.82, 2.24) is 15.1 Å². The molecule has 0 atom stereocenters. The van der Waals surface area contributed by atoms with Gasteiger partial charge in [0.25, 0.3) is 0 Å². The summed E-state index contributed by atoms with van der Waals surface area (Å²) in [6.07, 6.45) is 6.74. The van der Waals surface area contributed by atoms with Crippen LogP contribution in [0.4, 0.5) is 0 Å². The Morgan fingerprint density at radius 1 is 1.30 bits per heavy atom. The second kappa shape index (κ2) is 9.96. The number of rotatable bonds is 3. The molecule has 23 heavy (non-hydrogen) atoms. The second-order valence-electron chi connectivity index (χ2n) is 6.47. The number of nitrogens with one attached hydrogen (secondary N) is 1. The third-order valence-electron chi connectivity index (χ3n) is 4.51. The standard InChI is InChI=1S/C16H30N4OS.HI/c1-4-17-15(18-12-14(21)19(2)3)20-10-11-22-16(13-20)8-6-5-7-9-16;/h4-13H2,1-3H3,(H,17,18);1H. The highest BCUT2D eigenvalue weighted by Crippen LogP contribution is 2.42. The number of nitrogens with zero attached hydrogens (tertiary/aromatic N) is 3. The summed E-state index contributed by atoms with van der Waals surface area (Å²) in [4.78, 5) is 20.3. The van der Waals surface area contributed by atoms with Crippen molar-refractivity contribution in [3.63, 3.8) is 0 Å². The van der Waals surface area contributed by atoms with Crippen LogP contribution < -0.4 is 5.32 Å². The van der Waals surface area contributed by atoms with Gasteiger partial charge in [-0.2, -0.15) is 11.8 Å². The molecule has 1 N–H and O–H groups in total. The van der Waals surface area contributed by atoms with Gasteiger partial charge >= 0.3 is 0 Å². The number of hydrogen-bond acceptors (Lipinski definition) is 3. The molecule has 1 aliphatic carbocycles. The highest BCUT2D eigenvalue weighted by Gasteiger charge is 2.38. The maximum atomic E-state index is 11.8. The molecule has 1 saturated heterocycles. The van der Waals surface area contributed by atoms with Crippen LogP contribution >= 0.6 is 35.7 Å². The van der Waals surface area contributed by atoms with Gasteiger partial charge in [-0.1, -0.05) is 19.3 Å². The first-order valence-electron chi connectivity index (χ1n) is 8.44. The van der Waals surface area contributed by atoms with Crippen LogP contribution in [0.15, 0.2) is 4.99 Å². The third-order valence-corrected chi connectivity index (χ3v) is 6.05. The number of likely N-dealkylation sites (N-methyl/N-ethyl adjacent to an activating group) is 1. The van der Waals surface area contributed by atoms with E-state index in [4.69, 9.17) is 0 Å². The summed E-state index contributed by atoms with van der Waals surface area (Å²) >= 11 is 2.16. The molecule has 0 aromatic rings. The van der Waals surface area contributed by atoms with Crippen molar-refractivity contribution in [1.29, 1.82) is 0 Å². The number of carbonyl (C=O) groups is 1. The molecule has 2 aliphatic rings. The lowest BCUT2D eigenvalue weighted by Gasteiger charge is -2.45. The first-order chi connectivity index (χ1) is 10.6. The summed E-state index contributed by atoms with van der Waals surface area (Å²) in [6.45, 7) is 5.24. The van der Waals surface area contributed by atoms with E-state index >= 15 is 0 Å². The molecule has 0 radical (unpaired) electrons. The van der Waals surface area contributed by atoms with Gasteiger partial charge in [0.15, 0.2) is 5.96 Å². The van der Waals surface area contributed by atoms with Crippen molar-refractivity contribution < 1.29 is 4.79 Å². The van der Waals surface area contributed by atoms with E-state index in [1.54, 1.807) is 19.0 Å². The fourth-order valence-electron chi connectivity index (χ4n) is 3.23. The van der Waals surface area contributed by atoms with Crippen LogP contribution in [0.5, 0.6) is 0 Å². The fourth-order valence-corrected chi connectivity index (χ4v) is 4.80. The lowest BCUT2D eigenvalue weighted by atomic mass is 9.87. The molecule has 0 bridgehead atoms. The Balaban J connectivity index is 0.00000264. The number of halogens is 1. The Labute approximate surface area is 162 Å². The molecule has 1 heterocycles. The van der Waals surface area contributed by atoms with E-state index in [1.165, 1.54) is 32.1 Å². The van der Waals surface area contributed by atoms with Gasteiger partial charge in [0.05, 0.1) is 0 Å². The van der Waals surface area contributed by atoms with E-state index in [0.717, 1.165) is 31.3 Å². The van der Waals surface area contributed by atoms with E-state index in [9.17, 15) is 4.79 Å². The molecule has 1 saturated carbocycles. The number of carbonyl (C=O) groups excluding carboxylic acids is 1.